The van der Waals surface area contributed by atoms with Crippen LogP contribution < -0.4 is 10.6 Å². The third kappa shape index (κ3) is 2.36. The molecule has 1 aliphatic heterocycles. The van der Waals surface area contributed by atoms with Gasteiger partial charge in [-0.2, -0.15) is 5.26 Å². The molecule has 1 saturated heterocycles. The lowest BCUT2D eigenvalue weighted by atomic mass is 9.78. The van der Waals surface area contributed by atoms with Crippen LogP contribution in [-0.4, -0.2) is 35.4 Å². The summed E-state index contributed by atoms with van der Waals surface area (Å²) in [6, 6.07) is 1.76. The van der Waals surface area contributed by atoms with Crippen molar-refractivity contribution in [1.29, 1.82) is 5.26 Å². The van der Waals surface area contributed by atoms with Gasteiger partial charge in [-0.25, -0.2) is 4.79 Å². The predicted octanol–water partition coefficient (Wildman–Crippen LogP) is -0.589. The zero-order chi connectivity index (χ0) is 14.9. The van der Waals surface area contributed by atoms with Gasteiger partial charge in [0.05, 0.1) is 13.2 Å². The maximum absolute atomic E-state index is 12.1. The summed E-state index contributed by atoms with van der Waals surface area (Å²) in [5.41, 5.74) is -1.73. The summed E-state index contributed by atoms with van der Waals surface area (Å²) in [5, 5.41) is 14.0. The van der Waals surface area contributed by atoms with Gasteiger partial charge in [0.25, 0.3) is 0 Å². The minimum Gasteiger partial charge on any atom is -0.467 e. The Bertz CT molecular complexity index is 537. The lowest BCUT2D eigenvalue weighted by Gasteiger charge is -2.38. The molecule has 2 aliphatic rings. The highest BCUT2D eigenvalue weighted by Crippen LogP contribution is 2.35. The van der Waals surface area contributed by atoms with Gasteiger partial charge in [-0.1, -0.05) is 0 Å². The number of ether oxygens (including phenoxy) is 1. The first-order valence-electron chi connectivity index (χ1n) is 6.08. The van der Waals surface area contributed by atoms with Gasteiger partial charge in [-0.15, -0.1) is 0 Å². The molecular formula is C12H13N3O4S. The number of Topliss-reactive ketones (excluding diaryl/α,β-unsaturated/α-hetero) is 1. The minimum atomic E-state index is -1.73. The number of nitrogens with one attached hydrogen (secondary N) is 2. The Balaban J connectivity index is 2.39. The molecule has 20 heavy (non-hydrogen) atoms. The molecule has 2 rings (SSSR count). The Morgan fingerprint density at radius 2 is 2.20 bits per heavy atom. The smallest absolute Gasteiger partial charge is 0.333 e. The van der Waals surface area contributed by atoms with Crippen LogP contribution in [0.3, 0.4) is 0 Å². The summed E-state index contributed by atoms with van der Waals surface area (Å²) in [6.07, 6.45) is 1.25. The number of nitriles is 1. The molecule has 1 saturated carbocycles. The Kier molecular flexibility index (Phi) is 3.72. The summed E-state index contributed by atoms with van der Waals surface area (Å²) in [5.74, 6) is -3.18. The maximum atomic E-state index is 12.1. The number of rotatable bonds is 4. The highest BCUT2D eigenvalue weighted by atomic mass is 32.1. The molecule has 8 heteroatoms. The van der Waals surface area contributed by atoms with Gasteiger partial charge in [0.2, 0.25) is 5.91 Å². The van der Waals surface area contributed by atoms with Gasteiger partial charge in [0.15, 0.2) is 16.6 Å². The van der Waals surface area contributed by atoms with E-state index in [-0.39, 0.29) is 23.2 Å². The van der Waals surface area contributed by atoms with Gasteiger partial charge in [-0.05, 0) is 25.1 Å². The highest BCUT2D eigenvalue weighted by Gasteiger charge is 2.56. The van der Waals surface area contributed by atoms with E-state index in [1.807, 2.05) is 0 Å². The van der Waals surface area contributed by atoms with E-state index in [1.54, 1.807) is 6.07 Å². The third-order valence-corrected chi connectivity index (χ3v) is 3.70. The number of thiocarbonyl (C=S) groups is 1. The molecule has 0 spiro atoms. The topological polar surface area (TPSA) is 108 Å². The lowest BCUT2D eigenvalue weighted by molar-refractivity contribution is -0.154. The fourth-order valence-corrected chi connectivity index (χ4v) is 2.56. The van der Waals surface area contributed by atoms with Crippen molar-refractivity contribution in [3.63, 3.8) is 0 Å². The van der Waals surface area contributed by atoms with Gasteiger partial charge < -0.3 is 15.4 Å². The zero-order valence-electron chi connectivity index (χ0n) is 10.8. The number of carbonyl (C=O) groups excluding carboxylic acids is 3. The van der Waals surface area contributed by atoms with E-state index >= 15 is 0 Å². The van der Waals surface area contributed by atoms with Crippen LogP contribution >= 0.6 is 12.2 Å². The van der Waals surface area contributed by atoms with E-state index in [9.17, 15) is 19.6 Å². The van der Waals surface area contributed by atoms with Crippen LogP contribution in [0.25, 0.3) is 0 Å². The van der Waals surface area contributed by atoms with E-state index in [0.717, 1.165) is 20.0 Å². The lowest BCUT2D eigenvalue weighted by Crippen LogP contribution is -2.70. The third-order valence-electron chi connectivity index (χ3n) is 3.49. The number of hydrogen-bond donors (Lipinski definition) is 2. The SMILES string of the molecule is COC(=O)C1(CC(=O)C2CC2)NC(=S)NC(=O)C1C#N. The molecule has 2 fully saturated rings. The zero-order valence-corrected chi connectivity index (χ0v) is 11.6. The maximum Gasteiger partial charge on any atom is 0.333 e. The van der Waals surface area contributed by atoms with Crippen LogP contribution in [0.15, 0.2) is 0 Å². The molecular weight excluding hydrogens is 282 g/mol. The number of carbonyl (C=O) groups is 3. The van der Waals surface area contributed by atoms with E-state index in [2.05, 4.69) is 15.4 Å². The van der Waals surface area contributed by atoms with Crippen LogP contribution in [0, 0.1) is 23.2 Å². The Labute approximate surface area is 120 Å². The fourth-order valence-electron chi connectivity index (χ4n) is 2.28. The molecule has 0 aromatic heterocycles. The minimum absolute atomic E-state index is 0.0875. The summed E-state index contributed by atoms with van der Waals surface area (Å²) >= 11 is 4.86. The average molecular weight is 295 g/mol. The molecule has 1 heterocycles. The summed E-state index contributed by atoms with van der Waals surface area (Å²) < 4.78 is 4.68. The summed E-state index contributed by atoms with van der Waals surface area (Å²) in [4.78, 5) is 36.0. The first-order valence-corrected chi connectivity index (χ1v) is 6.49. The Hall–Kier alpha value is -2.01. The van der Waals surface area contributed by atoms with Crippen LogP contribution in [-0.2, 0) is 19.1 Å². The van der Waals surface area contributed by atoms with E-state index in [4.69, 9.17) is 12.2 Å². The predicted molar refractivity (Wildman–Crippen MR) is 70.1 cm³/mol. The molecule has 1 amide bonds. The van der Waals surface area contributed by atoms with Crippen molar-refractivity contribution in [2.24, 2.45) is 11.8 Å². The monoisotopic (exact) mass is 295 g/mol. The Morgan fingerprint density at radius 3 is 2.70 bits per heavy atom. The fraction of sp³-hybridized carbons (Fsp3) is 0.583. The van der Waals surface area contributed by atoms with Gasteiger partial charge in [0, 0.05) is 12.3 Å². The second-order valence-electron chi connectivity index (χ2n) is 4.89. The number of nitrogens with zero attached hydrogens (tertiary/aromatic N) is 1. The molecule has 0 bridgehead atoms. The van der Waals surface area contributed by atoms with Crippen LogP contribution in [0.5, 0.6) is 0 Å². The molecule has 2 N–H and O–H groups in total. The number of hydrogen-bond acceptors (Lipinski definition) is 6. The summed E-state index contributed by atoms with van der Waals surface area (Å²) in [7, 11) is 1.14. The molecule has 1 aliphatic carbocycles. The number of ketones is 1. The summed E-state index contributed by atoms with van der Waals surface area (Å²) in [6.45, 7) is 0. The van der Waals surface area contributed by atoms with E-state index < -0.39 is 23.3 Å². The normalized spacial score (nSPS) is 28.9. The first kappa shape index (κ1) is 14.4. The molecule has 0 radical (unpaired) electrons. The van der Waals surface area contributed by atoms with Crippen LogP contribution in [0.1, 0.15) is 19.3 Å². The highest BCUT2D eigenvalue weighted by molar-refractivity contribution is 7.80. The standard InChI is InChI=1S/C12H13N3O4S/c1-19-10(18)12(4-8(16)6-2-3-6)7(5-13)9(17)14-11(20)15-12/h6-7H,2-4H2,1H3,(H2,14,15,17,20). The second-order valence-corrected chi connectivity index (χ2v) is 5.29. The average Bonchev–Trinajstić information content (AvgIpc) is 3.21. The molecule has 7 nitrogen and oxygen atoms in total. The van der Waals surface area contributed by atoms with Crippen molar-refractivity contribution in [3.8, 4) is 6.07 Å². The molecule has 0 aromatic rings. The number of esters is 1. The molecule has 106 valence electrons. The molecule has 2 unspecified atom stereocenters. The van der Waals surface area contributed by atoms with E-state index in [0.29, 0.717) is 0 Å². The number of methoxy groups -OCH3 is 1. The largest absolute Gasteiger partial charge is 0.467 e. The van der Waals surface area contributed by atoms with Crippen LogP contribution in [0.2, 0.25) is 0 Å². The quantitative estimate of drug-likeness (QED) is 0.527. The van der Waals surface area contributed by atoms with Crippen molar-refractivity contribution in [2.75, 3.05) is 7.11 Å². The second kappa shape index (κ2) is 5.17. The van der Waals surface area contributed by atoms with Crippen molar-refractivity contribution in [3.05, 3.63) is 0 Å². The molecule has 2 atom stereocenters. The number of amides is 1. The van der Waals surface area contributed by atoms with Gasteiger partial charge >= 0.3 is 5.97 Å². The van der Waals surface area contributed by atoms with Gasteiger partial charge in [0.1, 0.15) is 5.78 Å². The van der Waals surface area contributed by atoms with Gasteiger partial charge in [-0.3, -0.25) is 9.59 Å². The van der Waals surface area contributed by atoms with E-state index in [1.165, 1.54) is 0 Å². The van der Waals surface area contributed by atoms with Crippen LogP contribution in [0.4, 0.5) is 0 Å². The first-order chi connectivity index (χ1) is 9.44. The molecule has 0 aromatic carbocycles. The van der Waals surface area contributed by atoms with Crippen molar-refractivity contribution in [2.45, 2.75) is 24.8 Å². The van der Waals surface area contributed by atoms with Crippen molar-refractivity contribution >= 4 is 35.0 Å². The van der Waals surface area contributed by atoms with Crippen molar-refractivity contribution < 1.29 is 19.1 Å². The van der Waals surface area contributed by atoms with Crippen molar-refractivity contribution in [1.82, 2.24) is 10.6 Å². The Morgan fingerprint density at radius 1 is 1.55 bits per heavy atom.